The smallest absolute Gasteiger partial charge is 0.257 e. The summed E-state index contributed by atoms with van der Waals surface area (Å²) in [7, 11) is 0. The standard InChI is InChI=1S/C14H13N3O3/c1-8-11-6-10(7-15-14(11)20-17-8)13(18)16-9(2)12-4-3-5-19-12/h3-7,9H,1-2H3,(H,16,18). The van der Waals surface area contributed by atoms with Gasteiger partial charge in [0.2, 0.25) is 0 Å². The average molecular weight is 271 g/mol. The Morgan fingerprint density at radius 3 is 3.05 bits per heavy atom. The van der Waals surface area contributed by atoms with Crippen molar-refractivity contribution in [2.45, 2.75) is 19.9 Å². The maximum Gasteiger partial charge on any atom is 0.257 e. The highest BCUT2D eigenvalue weighted by Crippen LogP contribution is 2.18. The molecule has 6 heteroatoms. The second-order valence-electron chi connectivity index (χ2n) is 4.56. The molecule has 1 amide bonds. The molecule has 0 aliphatic carbocycles. The van der Waals surface area contributed by atoms with Gasteiger partial charge in [-0.1, -0.05) is 5.16 Å². The van der Waals surface area contributed by atoms with Crippen molar-refractivity contribution in [1.82, 2.24) is 15.5 Å². The van der Waals surface area contributed by atoms with E-state index in [1.807, 2.05) is 13.0 Å². The molecule has 1 N–H and O–H groups in total. The average Bonchev–Trinajstić information content (AvgIpc) is 3.09. The van der Waals surface area contributed by atoms with Crippen LogP contribution in [0.15, 0.2) is 39.6 Å². The first-order valence-corrected chi connectivity index (χ1v) is 6.21. The molecule has 6 nitrogen and oxygen atoms in total. The summed E-state index contributed by atoms with van der Waals surface area (Å²) in [4.78, 5) is 16.3. The Morgan fingerprint density at radius 1 is 1.45 bits per heavy atom. The molecule has 0 aliphatic rings. The molecule has 0 radical (unpaired) electrons. The van der Waals surface area contributed by atoms with Gasteiger partial charge in [0.25, 0.3) is 11.6 Å². The van der Waals surface area contributed by atoms with Crippen molar-refractivity contribution >= 4 is 17.0 Å². The highest BCUT2D eigenvalue weighted by molar-refractivity contribution is 5.97. The molecular weight excluding hydrogens is 258 g/mol. The molecule has 1 atom stereocenters. The van der Waals surface area contributed by atoms with E-state index in [4.69, 9.17) is 8.94 Å². The maximum absolute atomic E-state index is 12.2. The van der Waals surface area contributed by atoms with Crippen LogP contribution in [0.1, 0.15) is 34.8 Å². The summed E-state index contributed by atoms with van der Waals surface area (Å²) in [5.41, 5.74) is 1.60. The molecule has 0 bridgehead atoms. The van der Waals surface area contributed by atoms with Crippen molar-refractivity contribution in [2.75, 3.05) is 0 Å². The van der Waals surface area contributed by atoms with Crippen LogP contribution in [0.2, 0.25) is 0 Å². The predicted molar refractivity (Wildman–Crippen MR) is 71.1 cm³/mol. The van der Waals surface area contributed by atoms with Crippen LogP contribution in [0, 0.1) is 6.92 Å². The Morgan fingerprint density at radius 2 is 2.30 bits per heavy atom. The Balaban J connectivity index is 1.83. The number of carbonyl (C=O) groups excluding carboxylic acids is 1. The van der Waals surface area contributed by atoms with Crippen LogP contribution in [0.5, 0.6) is 0 Å². The van der Waals surface area contributed by atoms with Crippen molar-refractivity contribution in [2.24, 2.45) is 0 Å². The van der Waals surface area contributed by atoms with Gasteiger partial charge in [-0.3, -0.25) is 4.79 Å². The number of carbonyl (C=O) groups is 1. The SMILES string of the molecule is Cc1noc2ncc(C(=O)NC(C)c3ccco3)cc12. The fraction of sp³-hybridized carbons (Fsp3) is 0.214. The zero-order valence-electron chi connectivity index (χ0n) is 11.1. The lowest BCUT2D eigenvalue weighted by Gasteiger charge is -2.11. The molecule has 0 aromatic carbocycles. The topological polar surface area (TPSA) is 81.2 Å². The molecule has 0 fully saturated rings. The molecule has 3 aromatic rings. The number of furan rings is 1. The number of fused-ring (bicyclic) bond motifs is 1. The van der Waals surface area contributed by atoms with Crippen molar-refractivity contribution in [3.8, 4) is 0 Å². The summed E-state index contributed by atoms with van der Waals surface area (Å²) in [5, 5.41) is 7.40. The van der Waals surface area contributed by atoms with Crippen molar-refractivity contribution in [3.05, 3.63) is 47.7 Å². The van der Waals surface area contributed by atoms with E-state index in [9.17, 15) is 4.79 Å². The van der Waals surface area contributed by atoms with Crippen LogP contribution in [0.25, 0.3) is 11.1 Å². The van der Waals surface area contributed by atoms with E-state index in [-0.39, 0.29) is 11.9 Å². The van der Waals surface area contributed by atoms with Crippen molar-refractivity contribution in [1.29, 1.82) is 0 Å². The van der Waals surface area contributed by atoms with Crippen LogP contribution in [-0.4, -0.2) is 16.0 Å². The number of nitrogens with one attached hydrogen (secondary N) is 1. The molecule has 20 heavy (non-hydrogen) atoms. The zero-order valence-corrected chi connectivity index (χ0v) is 11.1. The predicted octanol–water partition coefficient (Wildman–Crippen LogP) is 2.62. The minimum atomic E-state index is -0.219. The first-order chi connectivity index (χ1) is 9.65. The van der Waals surface area contributed by atoms with E-state index >= 15 is 0 Å². The van der Waals surface area contributed by atoms with E-state index in [2.05, 4.69) is 15.5 Å². The van der Waals surface area contributed by atoms with E-state index in [0.717, 1.165) is 5.39 Å². The van der Waals surface area contributed by atoms with Crippen LogP contribution in [0.3, 0.4) is 0 Å². The normalized spacial score (nSPS) is 12.5. The second kappa shape index (κ2) is 4.80. The van der Waals surface area contributed by atoms with E-state index < -0.39 is 0 Å². The molecule has 102 valence electrons. The molecule has 1 unspecified atom stereocenters. The Kier molecular flexibility index (Phi) is 2.98. The Bertz CT molecular complexity index is 746. The minimum Gasteiger partial charge on any atom is -0.467 e. The summed E-state index contributed by atoms with van der Waals surface area (Å²) in [6.45, 7) is 3.66. The fourth-order valence-corrected chi connectivity index (χ4v) is 1.96. The number of rotatable bonds is 3. The van der Waals surface area contributed by atoms with Crippen LogP contribution in [0.4, 0.5) is 0 Å². The van der Waals surface area contributed by atoms with Gasteiger partial charge in [-0.05, 0) is 32.0 Å². The summed E-state index contributed by atoms with van der Waals surface area (Å²) in [6, 6.07) is 5.11. The number of hydrogen-bond acceptors (Lipinski definition) is 5. The number of aromatic nitrogens is 2. The third-order valence-corrected chi connectivity index (χ3v) is 3.09. The Labute approximate surface area is 114 Å². The molecule has 0 aliphatic heterocycles. The Hall–Kier alpha value is -2.63. The third-order valence-electron chi connectivity index (χ3n) is 3.09. The van der Waals surface area contributed by atoms with Gasteiger partial charge in [-0.15, -0.1) is 0 Å². The summed E-state index contributed by atoms with van der Waals surface area (Å²) in [6.07, 6.45) is 3.04. The van der Waals surface area contributed by atoms with Crippen molar-refractivity contribution < 1.29 is 13.7 Å². The van der Waals surface area contributed by atoms with Gasteiger partial charge in [0.15, 0.2) is 0 Å². The number of amides is 1. The number of nitrogens with zero attached hydrogens (tertiary/aromatic N) is 2. The molecular formula is C14H13N3O3. The largest absolute Gasteiger partial charge is 0.467 e. The van der Waals surface area contributed by atoms with Gasteiger partial charge in [0.05, 0.1) is 28.9 Å². The first kappa shape index (κ1) is 12.4. The van der Waals surface area contributed by atoms with Gasteiger partial charge in [-0.25, -0.2) is 4.98 Å². The van der Waals surface area contributed by atoms with Crippen LogP contribution in [-0.2, 0) is 0 Å². The van der Waals surface area contributed by atoms with Crippen molar-refractivity contribution in [3.63, 3.8) is 0 Å². The summed E-state index contributed by atoms with van der Waals surface area (Å²) < 4.78 is 10.3. The molecule has 3 rings (SSSR count). The fourth-order valence-electron chi connectivity index (χ4n) is 1.96. The van der Waals surface area contributed by atoms with Gasteiger partial charge in [0, 0.05) is 6.20 Å². The third kappa shape index (κ3) is 2.16. The van der Waals surface area contributed by atoms with E-state index in [1.54, 1.807) is 25.3 Å². The van der Waals surface area contributed by atoms with E-state index in [0.29, 0.717) is 22.7 Å². The number of aryl methyl sites for hydroxylation is 1. The number of hydrogen-bond donors (Lipinski definition) is 1. The molecule has 3 aromatic heterocycles. The first-order valence-electron chi connectivity index (χ1n) is 6.21. The van der Waals surface area contributed by atoms with Gasteiger partial charge in [0.1, 0.15) is 5.76 Å². The summed E-state index contributed by atoms with van der Waals surface area (Å²) in [5.74, 6) is 0.484. The minimum absolute atomic E-state index is 0.211. The summed E-state index contributed by atoms with van der Waals surface area (Å²) >= 11 is 0. The molecule has 3 heterocycles. The van der Waals surface area contributed by atoms with Gasteiger partial charge in [-0.2, -0.15) is 0 Å². The van der Waals surface area contributed by atoms with Gasteiger partial charge < -0.3 is 14.3 Å². The zero-order chi connectivity index (χ0) is 14.1. The number of pyridine rings is 1. The second-order valence-corrected chi connectivity index (χ2v) is 4.56. The highest BCUT2D eigenvalue weighted by atomic mass is 16.5. The quantitative estimate of drug-likeness (QED) is 0.791. The lowest BCUT2D eigenvalue weighted by molar-refractivity contribution is 0.0935. The highest BCUT2D eigenvalue weighted by Gasteiger charge is 2.15. The monoisotopic (exact) mass is 271 g/mol. The lowest BCUT2D eigenvalue weighted by Crippen LogP contribution is -2.26. The van der Waals surface area contributed by atoms with Crippen LogP contribution < -0.4 is 5.32 Å². The lowest BCUT2D eigenvalue weighted by atomic mass is 10.2. The molecule has 0 saturated heterocycles. The van der Waals surface area contributed by atoms with E-state index in [1.165, 1.54) is 6.20 Å². The van der Waals surface area contributed by atoms with Gasteiger partial charge >= 0.3 is 0 Å². The van der Waals surface area contributed by atoms with Crippen LogP contribution >= 0.6 is 0 Å². The maximum atomic E-state index is 12.2. The molecule has 0 spiro atoms. The molecule has 0 saturated carbocycles.